The normalized spacial score (nSPS) is 11.4. The number of carbonyl (C=O) groups is 2. The van der Waals surface area contributed by atoms with Crippen molar-refractivity contribution in [2.45, 2.75) is 12.7 Å². The number of hydrogen-bond acceptors (Lipinski definition) is 3. The second-order valence-electron chi connectivity index (χ2n) is 4.93. The summed E-state index contributed by atoms with van der Waals surface area (Å²) in [6, 6.07) is 4.97. The van der Waals surface area contributed by atoms with Crippen LogP contribution in [0, 0.1) is 0 Å². The van der Waals surface area contributed by atoms with Crippen molar-refractivity contribution in [3.63, 3.8) is 0 Å². The summed E-state index contributed by atoms with van der Waals surface area (Å²) in [4.78, 5) is 35.6. The smallest absolute Gasteiger partial charge is 0.365 e. The van der Waals surface area contributed by atoms with Crippen LogP contribution in [0.4, 0.5) is 13.2 Å². The van der Waals surface area contributed by atoms with Crippen molar-refractivity contribution in [2.75, 3.05) is 0 Å². The largest absolute Gasteiger partial charge is 0.431 e. The van der Waals surface area contributed by atoms with Crippen LogP contribution in [0.5, 0.6) is 0 Å². The molecule has 0 unspecified atom stereocenters. The summed E-state index contributed by atoms with van der Waals surface area (Å²) in [5, 5.41) is 0.149. The Hall–Kier alpha value is -2.32. The fourth-order valence-corrected chi connectivity index (χ4v) is 2.63. The lowest BCUT2D eigenvalue weighted by molar-refractivity contribution is -0.144. The van der Waals surface area contributed by atoms with E-state index in [1.807, 2.05) is 0 Å². The van der Waals surface area contributed by atoms with Gasteiger partial charge < -0.3 is 5.73 Å². The van der Waals surface area contributed by atoms with E-state index in [9.17, 15) is 27.6 Å². The number of carbonyl (C=O) groups excluding carboxylic acids is 2. The molecule has 0 bridgehead atoms. The number of hydrogen-bond donors (Lipinski definition) is 1. The van der Waals surface area contributed by atoms with E-state index in [0.29, 0.717) is 12.1 Å². The number of alkyl halides is 3. The molecule has 10 heteroatoms. The molecule has 0 spiro atoms. The van der Waals surface area contributed by atoms with Crippen LogP contribution in [0.3, 0.4) is 0 Å². The van der Waals surface area contributed by atoms with E-state index < -0.39 is 41.2 Å². The zero-order valence-corrected chi connectivity index (χ0v) is 13.7. The highest BCUT2D eigenvalue weighted by Crippen LogP contribution is 2.29. The van der Waals surface area contributed by atoms with Crippen molar-refractivity contribution in [3.05, 3.63) is 67.6 Å². The van der Waals surface area contributed by atoms with Crippen LogP contribution in [-0.4, -0.2) is 16.3 Å². The Morgan fingerprint density at radius 2 is 1.68 bits per heavy atom. The minimum Gasteiger partial charge on any atom is -0.365 e. The third-order valence-corrected chi connectivity index (χ3v) is 3.81. The number of pyridine rings is 1. The number of ketones is 1. The maximum atomic E-state index is 13.1. The van der Waals surface area contributed by atoms with Gasteiger partial charge in [0.25, 0.3) is 11.5 Å². The first-order chi connectivity index (χ1) is 11.5. The highest BCUT2D eigenvalue weighted by atomic mass is 35.5. The molecule has 1 aromatic carbocycles. The SMILES string of the molecule is NC(=O)c1ccc(C(F)(F)F)n(CC(=O)c2ccc(Cl)cc2Cl)c1=O. The highest BCUT2D eigenvalue weighted by molar-refractivity contribution is 6.36. The molecule has 0 atom stereocenters. The standard InChI is InChI=1S/C15H9Cl2F3N2O3/c16-7-1-2-8(10(17)5-7)11(23)6-22-12(15(18,19)20)4-3-9(13(21)24)14(22)25/h1-5H,6H2,(H2,21,24). The van der Waals surface area contributed by atoms with E-state index in [0.717, 1.165) is 0 Å². The molecule has 0 aliphatic heterocycles. The highest BCUT2D eigenvalue weighted by Gasteiger charge is 2.35. The van der Waals surface area contributed by atoms with Crippen molar-refractivity contribution < 1.29 is 22.8 Å². The number of halogens is 5. The summed E-state index contributed by atoms with van der Waals surface area (Å²) in [6.07, 6.45) is -4.92. The van der Waals surface area contributed by atoms with Crippen LogP contribution in [0.15, 0.2) is 35.1 Å². The summed E-state index contributed by atoms with van der Waals surface area (Å²) in [5.41, 5.74) is 1.49. The molecule has 0 saturated carbocycles. The van der Waals surface area contributed by atoms with E-state index in [1.54, 1.807) is 0 Å². The van der Waals surface area contributed by atoms with Gasteiger partial charge in [0, 0.05) is 10.6 Å². The predicted octanol–water partition coefficient (Wildman–Crippen LogP) is 3.16. The van der Waals surface area contributed by atoms with Gasteiger partial charge in [0.2, 0.25) is 0 Å². The Balaban J connectivity index is 2.57. The molecule has 1 aromatic heterocycles. The third kappa shape index (κ3) is 4.02. The third-order valence-electron chi connectivity index (χ3n) is 3.26. The number of benzene rings is 1. The molecular weight excluding hydrogens is 384 g/mol. The van der Waals surface area contributed by atoms with Gasteiger partial charge in [-0.25, -0.2) is 0 Å². The fourth-order valence-electron chi connectivity index (χ4n) is 2.11. The molecule has 0 fully saturated rings. The Kier molecular flexibility index (Phi) is 5.24. The number of aromatic nitrogens is 1. The number of primary amides is 1. The Morgan fingerprint density at radius 3 is 2.20 bits per heavy atom. The molecule has 1 heterocycles. The number of nitrogens with zero attached hydrogens (tertiary/aromatic N) is 1. The molecule has 1 amide bonds. The van der Waals surface area contributed by atoms with Crippen molar-refractivity contribution >= 4 is 34.9 Å². The Bertz CT molecular complexity index is 923. The summed E-state index contributed by atoms with van der Waals surface area (Å²) >= 11 is 11.5. The second kappa shape index (κ2) is 6.89. The van der Waals surface area contributed by atoms with Crippen molar-refractivity contribution in [1.82, 2.24) is 4.57 Å². The molecule has 2 rings (SSSR count). The Morgan fingerprint density at radius 1 is 1.08 bits per heavy atom. The van der Waals surface area contributed by atoms with Gasteiger partial charge in [-0.1, -0.05) is 23.2 Å². The molecule has 25 heavy (non-hydrogen) atoms. The van der Waals surface area contributed by atoms with Gasteiger partial charge in [-0.2, -0.15) is 13.2 Å². The molecular formula is C15H9Cl2F3N2O3. The van der Waals surface area contributed by atoms with Crippen molar-refractivity contribution in [2.24, 2.45) is 5.73 Å². The number of Topliss-reactive ketones (excluding diaryl/α,β-unsaturated/α-hetero) is 1. The summed E-state index contributed by atoms with van der Waals surface area (Å²) in [5.74, 6) is -2.07. The minimum absolute atomic E-state index is 0.0786. The average Bonchev–Trinajstić information content (AvgIpc) is 2.47. The average molecular weight is 393 g/mol. The van der Waals surface area contributed by atoms with Gasteiger partial charge in [0.15, 0.2) is 5.78 Å². The monoisotopic (exact) mass is 392 g/mol. The summed E-state index contributed by atoms with van der Waals surface area (Å²) < 4.78 is 39.5. The molecule has 5 nitrogen and oxygen atoms in total. The maximum Gasteiger partial charge on any atom is 0.431 e. The molecule has 0 aliphatic rings. The van der Waals surface area contributed by atoms with Gasteiger partial charge in [-0.15, -0.1) is 0 Å². The van der Waals surface area contributed by atoms with Crippen molar-refractivity contribution in [1.29, 1.82) is 0 Å². The van der Waals surface area contributed by atoms with E-state index in [4.69, 9.17) is 28.9 Å². The van der Waals surface area contributed by atoms with E-state index >= 15 is 0 Å². The van der Waals surface area contributed by atoms with Gasteiger partial charge in [0.05, 0.1) is 11.6 Å². The summed E-state index contributed by atoms with van der Waals surface area (Å²) in [7, 11) is 0. The molecule has 0 saturated heterocycles. The number of amides is 1. The molecule has 2 N–H and O–H groups in total. The Labute approximate surface area is 148 Å². The van der Waals surface area contributed by atoms with Gasteiger partial charge in [-0.05, 0) is 30.3 Å². The quantitative estimate of drug-likeness (QED) is 0.811. The fraction of sp³-hybridized carbons (Fsp3) is 0.133. The van der Waals surface area contributed by atoms with Gasteiger partial charge >= 0.3 is 6.18 Å². The predicted molar refractivity (Wildman–Crippen MR) is 85.0 cm³/mol. The lowest BCUT2D eigenvalue weighted by atomic mass is 10.1. The first-order valence-electron chi connectivity index (χ1n) is 6.61. The molecule has 2 aromatic rings. The number of nitrogens with two attached hydrogens (primary N) is 1. The van der Waals surface area contributed by atoms with Crippen LogP contribution in [0.25, 0.3) is 0 Å². The maximum absolute atomic E-state index is 13.1. The van der Waals surface area contributed by atoms with Gasteiger partial charge in [-0.3, -0.25) is 19.0 Å². The van der Waals surface area contributed by atoms with E-state index in [1.165, 1.54) is 18.2 Å². The molecule has 0 aliphatic carbocycles. The van der Waals surface area contributed by atoms with Gasteiger partial charge in [0.1, 0.15) is 11.3 Å². The van der Waals surface area contributed by atoms with Crippen LogP contribution >= 0.6 is 23.2 Å². The first kappa shape index (κ1) is 19.0. The van der Waals surface area contributed by atoms with E-state index in [-0.39, 0.29) is 20.2 Å². The minimum atomic E-state index is -4.92. The lowest BCUT2D eigenvalue weighted by Crippen LogP contribution is -2.35. The lowest BCUT2D eigenvalue weighted by Gasteiger charge is -2.16. The first-order valence-corrected chi connectivity index (χ1v) is 7.37. The van der Waals surface area contributed by atoms with Crippen LogP contribution in [0.2, 0.25) is 10.0 Å². The van der Waals surface area contributed by atoms with Crippen LogP contribution in [-0.2, 0) is 12.7 Å². The van der Waals surface area contributed by atoms with Crippen LogP contribution in [0.1, 0.15) is 26.4 Å². The summed E-state index contributed by atoms with van der Waals surface area (Å²) in [6.45, 7) is -0.976. The zero-order chi connectivity index (χ0) is 18.9. The van der Waals surface area contributed by atoms with E-state index in [2.05, 4.69) is 0 Å². The molecule has 0 radical (unpaired) electrons. The van der Waals surface area contributed by atoms with Crippen LogP contribution < -0.4 is 11.3 Å². The topological polar surface area (TPSA) is 82.2 Å². The second-order valence-corrected chi connectivity index (χ2v) is 5.78. The molecule has 132 valence electrons. The van der Waals surface area contributed by atoms with Crippen molar-refractivity contribution in [3.8, 4) is 0 Å². The number of rotatable bonds is 4. The zero-order valence-electron chi connectivity index (χ0n) is 12.2.